The lowest BCUT2D eigenvalue weighted by atomic mass is 10.0. The second kappa shape index (κ2) is 7.74. The van der Waals surface area contributed by atoms with Crippen molar-refractivity contribution in [3.05, 3.63) is 77.9 Å². The molecule has 1 heterocycles. The summed E-state index contributed by atoms with van der Waals surface area (Å²) >= 11 is 0. The number of hydrogen-bond acceptors (Lipinski definition) is 4. The van der Waals surface area contributed by atoms with E-state index in [0.717, 1.165) is 5.69 Å². The molecule has 1 aromatic heterocycles. The van der Waals surface area contributed by atoms with E-state index in [0.29, 0.717) is 17.6 Å². The third-order valence-electron chi connectivity index (χ3n) is 3.80. The van der Waals surface area contributed by atoms with Crippen LogP contribution in [0.5, 0.6) is 0 Å². The predicted molar refractivity (Wildman–Crippen MR) is 100 cm³/mol. The van der Waals surface area contributed by atoms with Gasteiger partial charge in [-0.3, -0.25) is 4.79 Å². The molecule has 5 nitrogen and oxygen atoms in total. The van der Waals surface area contributed by atoms with Crippen LogP contribution in [0.25, 0.3) is 0 Å². The van der Waals surface area contributed by atoms with E-state index in [2.05, 4.69) is 34.4 Å². The summed E-state index contributed by atoms with van der Waals surface area (Å²) in [6, 6.07) is 15.1. The molecule has 0 saturated heterocycles. The van der Waals surface area contributed by atoms with E-state index in [1.165, 1.54) is 36.0 Å². The fraction of sp³-hybridized carbons (Fsp3) is 0.150. The number of carbonyl (C=O) groups excluding carboxylic acids is 1. The van der Waals surface area contributed by atoms with Gasteiger partial charge in [0.15, 0.2) is 0 Å². The smallest absolute Gasteiger partial charge is 0.274 e. The Kier molecular flexibility index (Phi) is 5.22. The topological polar surface area (TPSA) is 66.9 Å². The lowest BCUT2D eigenvalue weighted by molar-refractivity contribution is 0.102. The molecule has 0 atom stereocenters. The van der Waals surface area contributed by atoms with E-state index < -0.39 is 11.7 Å². The van der Waals surface area contributed by atoms with Crippen LogP contribution in [0.15, 0.2) is 60.8 Å². The van der Waals surface area contributed by atoms with Crippen LogP contribution in [0.3, 0.4) is 0 Å². The molecule has 26 heavy (non-hydrogen) atoms. The van der Waals surface area contributed by atoms with Crippen LogP contribution >= 0.6 is 0 Å². The first-order chi connectivity index (χ1) is 12.5. The molecule has 2 N–H and O–H groups in total. The lowest BCUT2D eigenvalue weighted by Crippen LogP contribution is -2.14. The Morgan fingerprint density at radius 2 is 1.81 bits per heavy atom. The summed E-state index contributed by atoms with van der Waals surface area (Å²) in [6.45, 7) is 4.26. The molecule has 0 spiro atoms. The van der Waals surface area contributed by atoms with E-state index in [-0.39, 0.29) is 5.69 Å². The minimum absolute atomic E-state index is 0.186. The monoisotopic (exact) mass is 350 g/mol. The van der Waals surface area contributed by atoms with Crippen molar-refractivity contribution in [2.24, 2.45) is 0 Å². The van der Waals surface area contributed by atoms with Gasteiger partial charge in [0.1, 0.15) is 11.5 Å². The van der Waals surface area contributed by atoms with Crippen LogP contribution in [0.1, 0.15) is 35.8 Å². The van der Waals surface area contributed by atoms with Gasteiger partial charge in [-0.15, -0.1) is 0 Å². The number of carbonyl (C=O) groups is 1. The van der Waals surface area contributed by atoms with Crippen molar-refractivity contribution in [2.45, 2.75) is 19.8 Å². The first-order valence-electron chi connectivity index (χ1n) is 8.28. The van der Waals surface area contributed by atoms with Crippen molar-refractivity contribution < 1.29 is 9.18 Å². The number of aromatic nitrogens is 2. The molecule has 0 unspecified atom stereocenters. The number of hydrogen-bond donors (Lipinski definition) is 2. The van der Waals surface area contributed by atoms with Gasteiger partial charge >= 0.3 is 0 Å². The maximum atomic E-state index is 13.2. The maximum Gasteiger partial charge on any atom is 0.274 e. The van der Waals surface area contributed by atoms with Crippen LogP contribution in [-0.2, 0) is 0 Å². The average Bonchev–Trinajstić information content (AvgIpc) is 2.62. The molecular formula is C20H19FN4O. The van der Waals surface area contributed by atoms with Gasteiger partial charge in [-0.2, -0.15) is 0 Å². The van der Waals surface area contributed by atoms with Crippen LogP contribution in [0, 0.1) is 5.82 Å². The summed E-state index contributed by atoms with van der Waals surface area (Å²) in [4.78, 5) is 20.6. The summed E-state index contributed by atoms with van der Waals surface area (Å²) in [5, 5.41) is 5.69. The van der Waals surface area contributed by atoms with Gasteiger partial charge in [-0.25, -0.2) is 14.4 Å². The Hall–Kier alpha value is -3.28. The molecule has 0 bridgehead atoms. The fourth-order valence-electron chi connectivity index (χ4n) is 2.39. The second-order valence-electron chi connectivity index (χ2n) is 6.13. The molecule has 132 valence electrons. The zero-order valence-electron chi connectivity index (χ0n) is 14.5. The highest BCUT2D eigenvalue weighted by Gasteiger charge is 2.10. The summed E-state index contributed by atoms with van der Waals surface area (Å²) in [6.07, 6.45) is 1.50. The van der Waals surface area contributed by atoms with E-state index in [9.17, 15) is 9.18 Å². The van der Waals surface area contributed by atoms with Gasteiger partial charge in [0.05, 0.1) is 0 Å². The number of benzene rings is 2. The molecular weight excluding hydrogens is 331 g/mol. The fourth-order valence-corrected chi connectivity index (χ4v) is 2.39. The van der Waals surface area contributed by atoms with Gasteiger partial charge in [-0.1, -0.05) is 32.0 Å². The minimum Gasteiger partial charge on any atom is -0.324 e. The molecule has 0 aliphatic rings. The Morgan fingerprint density at radius 3 is 2.50 bits per heavy atom. The molecule has 0 radical (unpaired) electrons. The molecule has 2 aromatic carbocycles. The second-order valence-corrected chi connectivity index (χ2v) is 6.13. The molecule has 0 fully saturated rings. The molecule has 0 saturated carbocycles. The normalized spacial score (nSPS) is 10.6. The summed E-state index contributed by atoms with van der Waals surface area (Å²) in [5.74, 6) is -0.0850. The van der Waals surface area contributed by atoms with Crippen LogP contribution < -0.4 is 10.6 Å². The number of nitrogens with one attached hydrogen (secondary N) is 2. The van der Waals surface area contributed by atoms with Crippen molar-refractivity contribution in [2.75, 3.05) is 10.6 Å². The van der Waals surface area contributed by atoms with Crippen LogP contribution in [-0.4, -0.2) is 15.9 Å². The van der Waals surface area contributed by atoms with E-state index in [4.69, 9.17) is 0 Å². The van der Waals surface area contributed by atoms with Gasteiger partial charge in [-0.05, 0) is 47.9 Å². The molecule has 0 aliphatic carbocycles. The first kappa shape index (κ1) is 17.5. The number of halogens is 1. The highest BCUT2D eigenvalue weighted by molar-refractivity contribution is 6.02. The maximum absolute atomic E-state index is 13.2. The molecule has 3 rings (SSSR count). The molecule has 1 amide bonds. The Balaban J connectivity index is 1.72. The Morgan fingerprint density at radius 1 is 1.04 bits per heavy atom. The molecule has 0 aliphatic heterocycles. The third-order valence-corrected chi connectivity index (χ3v) is 3.80. The highest BCUT2D eigenvalue weighted by Crippen LogP contribution is 2.19. The van der Waals surface area contributed by atoms with Crippen LogP contribution in [0.4, 0.5) is 21.7 Å². The zero-order chi connectivity index (χ0) is 18.5. The largest absolute Gasteiger partial charge is 0.324 e. The predicted octanol–water partition coefficient (Wildman–Crippen LogP) is 4.74. The Bertz CT molecular complexity index is 910. The summed E-state index contributed by atoms with van der Waals surface area (Å²) in [7, 11) is 0. The molecule has 6 heteroatoms. The van der Waals surface area contributed by atoms with Crippen molar-refractivity contribution in [1.29, 1.82) is 0 Å². The summed E-state index contributed by atoms with van der Waals surface area (Å²) < 4.78 is 13.2. The third kappa shape index (κ3) is 4.42. The number of rotatable bonds is 5. The van der Waals surface area contributed by atoms with Gasteiger partial charge in [0.25, 0.3) is 5.91 Å². The quantitative estimate of drug-likeness (QED) is 0.698. The summed E-state index contributed by atoms with van der Waals surface area (Å²) in [5.41, 5.74) is 2.62. The lowest BCUT2D eigenvalue weighted by Gasteiger charge is -2.09. The average molecular weight is 350 g/mol. The number of amides is 1. The van der Waals surface area contributed by atoms with Gasteiger partial charge in [0, 0.05) is 17.6 Å². The zero-order valence-corrected chi connectivity index (χ0v) is 14.5. The molecule has 3 aromatic rings. The van der Waals surface area contributed by atoms with Crippen molar-refractivity contribution >= 4 is 23.2 Å². The van der Waals surface area contributed by atoms with Crippen LogP contribution in [0.2, 0.25) is 0 Å². The van der Waals surface area contributed by atoms with Crippen molar-refractivity contribution in [1.82, 2.24) is 9.97 Å². The van der Waals surface area contributed by atoms with Gasteiger partial charge < -0.3 is 10.6 Å². The highest BCUT2D eigenvalue weighted by atomic mass is 19.1. The Labute approximate surface area is 151 Å². The number of anilines is 3. The van der Waals surface area contributed by atoms with E-state index in [1.807, 2.05) is 24.3 Å². The van der Waals surface area contributed by atoms with E-state index in [1.54, 1.807) is 6.07 Å². The van der Waals surface area contributed by atoms with Crippen molar-refractivity contribution in [3.8, 4) is 0 Å². The SMILES string of the molecule is CC(C)c1ccc(Nc2nccc(C(=O)Nc3cccc(F)c3)n2)cc1. The number of nitrogens with zero attached hydrogens (tertiary/aromatic N) is 2. The minimum atomic E-state index is -0.434. The first-order valence-corrected chi connectivity index (χ1v) is 8.28. The van der Waals surface area contributed by atoms with E-state index >= 15 is 0 Å². The van der Waals surface area contributed by atoms with Crippen molar-refractivity contribution in [3.63, 3.8) is 0 Å². The standard InChI is InChI=1S/C20H19FN4O/c1-13(2)14-6-8-16(9-7-14)24-20-22-11-10-18(25-20)19(26)23-17-5-3-4-15(21)12-17/h3-13H,1-2H3,(H,23,26)(H,22,24,25). The van der Waals surface area contributed by atoms with Gasteiger partial charge in [0.2, 0.25) is 5.95 Å².